The van der Waals surface area contributed by atoms with Gasteiger partial charge in [-0.2, -0.15) is 0 Å². The van der Waals surface area contributed by atoms with Gasteiger partial charge in [-0.15, -0.1) is 0 Å². The van der Waals surface area contributed by atoms with E-state index in [0.717, 1.165) is 5.56 Å². The van der Waals surface area contributed by atoms with Crippen molar-refractivity contribution in [1.29, 1.82) is 0 Å². The summed E-state index contributed by atoms with van der Waals surface area (Å²) >= 11 is 0. The zero-order valence-electron chi connectivity index (χ0n) is 21.0. The lowest BCUT2D eigenvalue weighted by atomic mass is 10.1. The molecule has 9 heteroatoms. The quantitative estimate of drug-likeness (QED) is 0.257. The Morgan fingerprint density at radius 1 is 0.824 bits per heavy atom. The Labute approximate surface area is 201 Å². The van der Waals surface area contributed by atoms with Crippen LogP contribution in [0.15, 0.2) is 30.3 Å². The van der Waals surface area contributed by atoms with Gasteiger partial charge in [0.2, 0.25) is 0 Å². The predicted molar refractivity (Wildman–Crippen MR) is 124 cm³/mol. The zero-order valence-corrected chi connectivity index (χ0v) is 21.0. The molecular weight excluding hydrogens is 444 g/mol. The molecule has 0 heterocycles. The van der Waals surface area contributed by atoms with Crippen molar-refractivity contribution in [2.45, 2.75) is 84.4 Å². The van der Waals surface area contributed by atoms with Crippen LogP contribution < -0.4 is 0 Å². The van der Waals surface area contributed by atoms with Crippen molar-refractivity contribution >= 4 is 17.9 Å². The Kier molecular flexibility index (Phi) is 12.2. The molecule has 1 N–H and O–H groups in total. The van der Waals surface area contributed by atoms with Crippen LogP contribution in [0.3, 0.4) is 0 Å². The summed E-state index contributed by atoms with van der Waals surface area (Å²) in [5, 5.41) is 9.02. The van der Waals surface area contributed by atoms with Gasteiger partial charge >= 0.3 is 17.9 Å². The summed E-state index contributed by atoms with van der Waals surface area (Å²) in [6.07, 6.45) is -2.17. The summed E-state index contributed by atoms with van der Waals surface area (Å²) in [6, 6.07) is 9.02. The topological polar surface area (TPSA) is 118 Å². The minimum Gasteiger partial charge on any atom is -0.459 e. The van der Waals surface area contributed by atoms with Crippen molar-refractivity contribution in [2.75, 3.05) is 19.8 Å². The summed E-state index contributed by atoms with van der Waals surface area (Å²) in [6.45, 7) is 9.48. The maximum Gasteiger partial charge on any atom is 0.339 e. The number of ether oxygens (including phenoxy) is 5. The fourth-order valence-corrected chi connectivity index (χ4v) is 2.68. The third-order valence-corrected chi connectivity index (χ3v) is 4.02. The Balaban J connectivity index is 3.06. The molecule has 0 amide bonds. The number of hydrogen-bond acceptors (Lipinski definition) is 9. The van der Waals surface area contributed by atoms with Gasteiger partial charge in [-0.1, -0.05) is 30.3 Å². The van der Waals surface area contributed by atoms with E-state index in [0.29, 0.717) is 12.8 Å². The molecule has 0 aromatic heterocycles. The highest BCUT2D eigenvalue weighted by Gasteiger charge is 2.40. The van der Waals surface area contributed by atoms with Crippen molar-refractivity contribution in [3.63, 3.8) is 0 Å². The Morgan fingerprint density at radius 3 is 1.97 bits per heavy atom. The minimum absolute atomic E-state index is 0.0384. The minimum atomic E-state index is -1.57. The summed E-state index contributed by atoms with van der Waals surface area (Å²) in [5.41, 5.74) is -0.880. The lowest BCUT2D eigenvalue weighted by Gasteiger charge is -2.28. The van der Waals surface area contributed by atoms with E-state index in [1.54, 1.807) is 65.8 Å². The van der Waals surface area contributed by atoms with E-state index < -0.39 is 47.9 Å². The van der Waals surface area contributed by atoms with Crippen LogP contribution in [0.5, 0.6) is 0 Å². The van der Waals surface area contributed by atoms with E-state index in [2.05, 4.69) is 0 Å². The Morgan fingerprint density at radius 2 is 1.41 bits per heavy atom. The van der Waals surface area contributed by atoms with E-state index >= 15 is 0 Å². The molecule has 1 aromatic carbocycles. The highest BCUT2D eigenvalue weighted by Crippen LogP contribution is 2.17. The van der Waals surface area contributed by atoms with Crippen molar-refractivity contribution in [1.82, 2.24) is 0 Å². The number of unbranched alkanes of at least 4 members (excludes halogenated alkanes) is 1. The highest BCUT2D eigenvalue weighted by molar-refractivity contribution is 5.86. The molecule has 0 unspecified atom stereocenters. The highest BCUT2D eigenvalue weighted by atomic mass is 16.6. The Bertz CT molecular complexity index is 763. The number of aliphatic hydroxyl groups excluding tert-OH is 1. The van der Waals surface area contributed by atoms with E-state index in [-0.39, 0.29) is 19.8 Å². The van der Waals surface area contributed by atoms with Crippen molar-refractivity contribution in [3.8, 4) is 0 Å². The molecule has 1 aromatic rings. The zero-order chi connectivity index (χ0) is 25.8. The summed E-state index contributed by atoms with van der Waals surface area (Å²) in [5.74, 6) is -2.43. The monoisotopic (exact) mass is 482 g/mol. The molecule has 0 aliphatic rings. The van der Waals surface area contributed by atoms with Crippen LogP contribution in [0.25, 0.3) is 0 Å². The van der Waals surface area contributed by atoms with E-state index in [1.165, 1.54) is 0 Å². The van der Waals surface area contributed by atoms with Gasteiger partial charge < -0.3 is 28.8 Å². The van der Waals surface area contributed by atoms with Gasteiger partial charge in [0.1, 0.15) is 24.4 Å². The number of aliphatic hydroxyl groups is 1. The number of carbonyl (C=O) groups excluding carboxylic acids is 3. The largest absolute Gasteiger partial charge is 0.459 e. The van der Waals surface area contributed by atoms with E-state index in [1.807, 2.05) is 6.07 Å². The maximum atomic E-state index is 13.0. The molecule has 34 heavy (non-hydrogen) atoms. The molecule has 0 aliphatic heterocycles. The van der Waals surface area contributed by atoms with Crippen molar-refractivity contribution in [3.05, 3.63) is 35.9 Å². The van der Waals surface area contributed by atoms with Gasteiger partial charge in [-0.25, -0.2) is 14.4 Å². The average Bonchev–Trinajstić information content (AvgIpc) is 2.71. The predicted octanol–water partition coefficient (Wildman–Crippen LogP) is 2.96. The van der Waals surface area contributed by atoms with Gasteiger partial charge in [0.15, 0.2) is 12.2 Å². The first kappa shape index (κ1) is 29.5. The smallest absolute Gasteiger partial charge is 0.339 e. The van der Waals surface area contributed by atoms with Crippen LogP contribution >= 0.6 is 0 Å². The standard InChI is InChI=1S/C25H38O9/c1-24(2,3)33-19(27)17-31-21(23(29)34-25(4,5)6)20(30-15-11-10-14-26)22(28)32-16-18-12-8-7-9-13-18/h7-9,12-13,20-21,26H,10-11,14-17H2,1-6H3/t20-,21-/m1/s1. The van der Waals surface area contributed by atoms with Gasteiger partial charge in [-0.3, -0.25) is 0 Å². The number of benzene rings is 1. The van der Waals surface area contributed by atoms with Gasteiger partial charge in [0.25, 0.3) is 0 Å². The second-order valence-corrected chi connectivity index (χ2v) is 9.67. The van der Waals surface area contributed by atoms with Crippen LogP contribution in [-0.2, 0) is 44.7 Å². The number of carbonyl (C=O) groups is 3. The second kappa shape index (κ2) is 14.0. The van der Waals surface area contributed by atoms with E-state index in [4.69, 9.17) is 28.8 Å². The van der Waals surface area contributed by atoms with Gasteiger partial charge in [-0.05, 0) is 59.9 Å². The molecule has 0 saturated heterocycles. The molecule has 0 spiro atoms. The lowest BCUT2D eigenvalue weighted by Crippen LogP contribution is -2.48. The third-order valence-electron chi connectivity index (χ3n) is 4.02. The fourth-order valence-electron chi connectivity index (χ4n) is 2.68. The second-order valence-electron chi connectivity index (χ2n) is 9.67. The molecule has 9 nitrogen and oxygen atoms in total. The number of rotatable bonds is 13. The average molecular weight is 483 g/mol. The Hall–Kier alpha value is -2.49. The maximum absolute atomic E-state index is 13.0. The van der Waals surface area contributed by atoms with Crippen LogP contribution in [-0.4, -0.2) is 66.2 Å². The molecule has 0 aliphatic carbocycles. The third kappa shape index (κ3) is 12.7. The number of esters is 3. The molecule has 2 atom stereocenters. The molecular formula is C25H38O9. The van der Waals surface area contributed by atoms with Crippen LogP contribution in [0.1, 0.15) is 59.9 Å². The molecule has 192 valence electrons. The SMILES string of the molecule is CC(C)(C)OC(=O)CO[C@@H](C(=O)OC(C)(C)C)[C@@H](OCCCCO)C(=O)OCc1ccccc1. The van der Waals surface area contributed by atoms with Gasteiger partial charge in [0, 0.05) is 13.2 Å². The van der Waals surface area contributed by atoms with Crippen LogP contribution in [0, 0.1) is 0 Å². The first-order valence-corrected chi connectivity index (χ1v) is 11.3. The molecule has 1 rings (SSSR count). The molecule has 0 radical (unpaired) electrons. The van der Waals surface area contributed by atoms with Crippen LogP contribution in [0.2, 0.25) is 0 Å². The van der Waals surface area contributed by atoms with Crippen molar-refractivity contribution < 1.29 is 43.2 Å². The summed E-state index contributed by atoms with van der Waals surface area (Å²) in [4.78, 5) is 38.1. The first-order valence-electron chi connectivity index (χ1n) is 11.3. The molecule has 0 fully saturated rings. The first-order chi connectivity index (χ1) is 15.8. The molecule has 0 bridgehead atoms. The molecule has 0 saturated carbocycles. The van der Waals surface area contributed by atoms with Crippen molar-refractivity contribution in [2.24, 2.45) is 0 Å². The normalized spacial score (nSPS) is 13.6. The van der Waals surface area contributed by atoms with E-state index in [9.17, 15) is 14.4 Å². The van der Waals surface area contributed by atoms with Crippen LogP contribution in [0.4, 0.5) is 0 Å². The summed E-state index contributed by atoms with van der Waals surface area (Å²) < 4.78 is 27.2. The number of hydrogen-bond donors (Lipinski definition) is 1. The van der Waals surface area contributed by atoms with Gasteiger partial charge in [0.05, 0.1) is 0 Å². The lowest BCUT2D eigenvalue weighted by molar-refractivity contribution is -0.194. The fraction of sp³-hybridized carbons (Fsp3) is 0.640. The summed E-state index contributed by atoms with van der Waals surface area (Å²) in [7, 11) is 0.